The SMILES string of the molecule is CC(=O)N(C)c1c(Cc2c(F)cccc2F)ccc2[nH]c(-c3c(F)cccc3F)nc12. The number of carbonyl (C=O) groups excluding carboxylic acids is 1. The molecule has 0 aliphatic rings. The fourth-order valence-electron chi connectivity index (χ4n) is 3.51. The predicted octanol–water partition coefficient (Wildman–Crippen LogP) is 5.36. The van der Waals surface area contributed by atoms with Crippen molar-refractivity contribution in [1.82, 2.24) is 9.97 Å². The summed E-state index contributed by atoms with van der Waals surface area (Å²) in [5.74, 6) is -3.42. The molecule has 0 aliphatic heterocycles. The molecule has 1 aromatic heterocycles. The van der Waals surface area contributed by atoms with Gasteiger partial charge in [0.25, 0.3) is 0 Å². The lowest BCUT2D eigenvalue weighted by Crippen LogP contribution is -2.24. The Morgan fingerprint density at radius 1 is 0.935 bits per heavy atom. The number of nitrogens with one attached hydrogen (secondary N) is 1. The lowest BCUT2D eigenvalue weighted by Gasteiger charge is -2.20. The zero-order valence-electron chi connectivity index (χ0n) is 16.6. The van der Waals surface area contributed by atoms with E-state index in [2.05, 4.69) is 9.97 Å². The third kappa shape index (κ3) is 3.65. The topological polar surface area (TPSA) is 49.0 Å². The first-order valence-electron chi connectivity index (χ1n) is 9.41. The molecule has 0 atom stereocenters. The number of hydrogen-bond donors (Lipinski definition) is 1. The van der Waals surface area contributed by atoms with E-state index in [9.17, 15) is 22.4 Å². The number of anilines is 1. The van der Waals surface area contributed by atoms with E-state index in [0.29, 0.717) is 16.8 Å². The molecule has 4 rings (SSSR count). The van der Waals surface area contributed by atoms with E-state index in [1.807, 2.05) is 0 Å². The third-order valence-corrected chi connectivity index (χ3v) is 5.15. The Kier molecular flexibility index (Phi) is 5.22. The summed E-state index contributed by atoms with van der Waals surface area (Å²) in [6, 6.07) is 10.2. The van der Waals surface area contributed by atoms with Gasteiger partial charge in [0, 0.05) is 26.0 Å². The number of rotatable bonds is 4. The van der Waals surface area contributed by atoms with Crippen LogP contribution in [0.4, 0.5) is 23.2 Å². The number of fused-ring (bicyclic) bond motifs is 1. The number of halogens is 4. The predicted molar refractivity (Wildman–Crippen MR) is 110 cm³/mol. The number of nitrogens with zero attached hydrogens (tertiary/aromatic N) is 2. The lowest BCUT2D eigenvalue weighted by molar-refractivity contribution is -0.116. The molecule has 4 nitrogen and oxygen atoms in total. The molecule has 0 saturated carbocycles. The van der Waals surface area contributed by atoms with Crippen LogP contribution in [-0.4, -0.2) is 22.9 Å². The average molecular weight is 427 g/mol. The number of imidazole rings is 1. The second-order valence-corrected chi connectivity index (χ2v) is 7.11. The number of H-pyrrole nitrogens is 1. The summed E-state index contributed by atoms with van der Waals surface area (Å²) in [6.45, 7) is 1.33. The van der Waals surface area contributed by atoms with Crippen LogP contribution in [0.2, 0.25) is 0 Å². The molecule has 0 spiro atoms. The minimum atomic E-state index is -0.797. The van der Waals surface area contributed by atoms with Gasteiger partial charge < -0.3 is 9.88 Å². The molecule has 4 aromatic rings. The van der Waals surface area contributed by atoms with E-state index in [-0.39, 0.29) is 34.8 Å². The minimum absolute atomic E-state index is 0.0574. The van der Waals surface area contributed by atoms with E-state index in [4.69, 9.17) is 0 Å². The van der Waals surface area contributed by atoms with Gasteiger partial charge in [-0.05, 0) is 35.9 Å². The molecule has 1 amide bonds. The molecule has 0 unspecified atom stereocenters. The second kappa shape index (κ2) is 7.86. The highest BCUT2D eigenvalue weighted by Crippen LogP contribution is 2.34. The molecule has 0 saturated heterocycles. The molecule has 0 fully saturated rings. The van der Waals surface area contributed by atoms with Gasteiger partial charge in [-0.15, -0.1) is 0 Å². The normalized spacial score (nSPS) is 11.2. The van der Waals surface area contributed by atoms with Gasteiger partial charge in [-0.1, -0.05) is 18.2 Å². The Labute approximate surface area is 175 Å². The van der Waals surface area contributed by atoms with Gasteiger partial charge in [-0.2, -0.15) is 0 Å². The first kappa shape index (κ1) is 20.6. The maximum Gasteiger partial charge on any atom is 0.223 e. The van der Waals surface area contributed by atoms with Crippen molar-refractivity contribution in [3.63, 3.8) is 0 Å². The Hall–Kier alpha value is -3.68. The van der Waals surface area contributed by atoms with Crippen LogP contribution in [-0.2, 0) is 11.2 Å². The average Bonchev–Trinajstić information content (AvgIpc) is 3.13. The van der Waals surface area contributed by atoms with Crippen molar-refractivity contribution in [3.8, 4) is 11.4 Å². The maximum absolute atomic E-state index is 14.3. The number of amides is 1. The van der Waals surface area contributed by atoms with Crippen LogP contribution in [0.5, 0.6) is 0 Å². The van der Waals surface area contributed by atoms with Crippen LogP contribution in [0.1, 0.15) is 18.1 Å². The summed E-state index contributed by atoms with van der Waals surface area (Å²) >= 11 is 0. The van der Waals surface area contributed by atoms with Gasteiger partial charge in [-0.25, -0.2) is 22.5 Å². The van der Waals surface area contributed by atoms with Crippen LogP contribution in [0.15, 0.2) is 48.5 Å². The molecule has 158 valence electrons. The third-order valence-electron chi connectivity index (χ3n) is 5.15. The fourth-order valence-corrected chi connectivity index (χ4v) is 3.51. The molecule has 31 heavy (non-hydrogen) atoms. The van der Waals surface area contributed by atoms with E-state index in [1.165, 1.54) is 31.0 Å². The number of aromatic nitrogens is 2. The van der Waals surface area contributed by atoms with Gasteiger partial charge in [0.1, 0.15) is 34.6 Å². The molecule has 1 N–H and O–H groups in total. The highest BCUT2D eigenvalue weighted by molar-refractivity contribution is 6.02. The van der Waals surface area contributed by atoms with Crippen LogP contribution in [0.25, 0.3) is 22.4 Å². The largest absolute Gasteiger partial charge is 0.338 e. The van der Waals surface area contributed by atoms with E-state index >= 15 is 0 Å². The zero-order chi connectivity index (χ0) is 22.3. The summed E-state index contributed by atoms with van der Waals surface area (Å²) in [7, 11) is 1.50. The quantitative estimate of drug-likeness (QED) is 0.446. The van der Waals surface area contributed by atoms with Crippen LogP contribution in [0, 0.1) is 23.3 Å². The molecule has 1 heterocycles. The first-order chi connectivity index (χ1) is 14.8. The number of carbonyl (C=O) groups is 1. The van der Waals surface area contributed by atoms with Gasteiger partial charge in [0.2, 0.25) is 5.91 Å². The molecule has 8 heteroatoms. The Morgan fingerprint density at radius 3 is 2.10 bits per heavy atom. The molecule has 0 bridgehead atoms. The van der Waals surface area contributed by atoms with Crippen LogP contribution >= 0.6 is 0 Å². The summed E-state index contributed by atoms with van der Waals surface area (Å²) in [5.41, 5.74) is 0.907. The van der Waals surface area contributed by atoms with Crippen molar-refractivity contribution in [2.24, 2.45) is 0 Å². The van der Waals surface area contributed by atoms with E-state index in [0.717, 1.165) is 24.3 Å². The first-order valence-corrected chi connectivity index (χ1v) is 9.41. The van der Waals surface area contributed by atoms with Crippen LogP contribution < -0.4 is 4.90 Å². The monoisotopic (exact) mass is 427 g/mol. The Morgan fingerprint density at radius 2 is 1.52 bits per heavy atom. The highest BCUT2D eigenvalue weighted by Gasteiger charge is 2.22. The van der Waals surface area contributed by atoms with Gasteiger partial charge >= 0.3 is 0 Å². The number of benzene rings is 3. The van der Waals surface area contributed by atoms with Crippen molar-refractivity contribution in [2.45, 2.75) is 13.3 Å². The second-order valence-electron chi connectivity index (χ2n) is 7.11. The van der Waals surface area contributed by atoms with Crippen molar-refractivity contribution < 1.29 is 22.4 Å². The summed E-state index contributed by atoms with van der Waals surface area (Å²) in [5, 5.41) is 0. The standard InChI is InChI=1S/C23H17F4N3O/c1-12(31)30(2)22-13(11-14-15(24)5-3-6-16(14)25)9-10-19-21(22)29-23(28-19)20-17(26)7-4-8-18(20)27/h3-10H,11H2,1-2H3,(H,28,29). The van der Waals surface area contributed by atoms with Crippen molar-refractivity contribution >= 4 is 22.6 Å². The van der Waals surface area contributed by atoms with Crippen molar-refractivity contribution in [2.75, 3.05) is 11.9 Å². The van der Waals surface area contributed by atoms with Crippen LogP contribution in [0.3, 0.4) is 0 Å². The smallest absolute Gasteiger partial charge is 0.223 e. The minimum Gasteiger partial charge on any atom is -0.338 e. The number of aromatic amines is 1. The summed E-state index contributed by atoms with van der Waals surface area (Å²) < 4.78 is 57.0. The molecule has 3 aromatic carbocycles. The van der Waals surface area contributed by atoms with E-state index < -0.39 is 23.3 Å². The Bertz CT molecular complexity index is 1280. The maximum atomic E-state index is 14.3. The fraction of sp³-hybridized carbons (Fsp3) is 0.130. The van der Waals surface area contributed by atoms with E-state index in [1.54, 1.807) is 12.1 Å². The van der Waals surface area contributed by atoms with Gasteiger partial charge in [0.05, 0.1) is 16.8 Å². The van der Waals surface area contributed by atoms with Gasteiger partial charge in [-0.3, -0.25) is 4.79 Å². The van der Waals surface area contributed by atoms with Crippen molar-refractivity contribution in [1.29, 1.82) is 0 Å². The zero-order valence-corrected chi connectivity index (χ0v) is 16.6. The Balaban J connectivity index is 1.94. The number of hydrogen-bond acceptors (Lipinski definition) is 2. The molecular weight excluding hydrogens is 410 g/mol. The van der Waals surface area contributed by atoms with Gasteiger partial charge in [0.15, 0.2) is 0 Å². The molecular formula is C23H17F4N3O. The summed E-state index contributed by atoms with van der Waals surface area (Å²) in [4.78, 5) is 20.6. The lowest BCUT2D eigenvalue weighted by atomic mass is 10.0. The van der Waals surface area contributed by atoms with Crippen molar-refractivity contribution in [3.05, 3.63) is 82.9 Å². The molecule has 0 radical (unpaired) electrons. The molecule has 0 aliphatic carbocycles. The highest BCUT2D eigenvalue weighted by atomic mass is 19.1. The summed E-state index contributed by atoms with van der Waals surface area (Å²) in [6.07, 6.45) is -0.141.